The van der Waals surface area contributed by atoms with Crippen LogP contribution in [0.2, 0.25) is 0 Å². The standard InChI is InChI=1S/C18H21N5O2/c1-22-12-14(11-20-22)15-9-16(24)21-18(15)4-7-23(8-5-18)17(25)13-3-2-6-19-10-13/h2-3,6,10-12,15H,4-5,7-9H2,1H3,(H,21,24). The number of pyridine rings is 1. The monoisotopic (exact) mass is 339 g/mol. The lowest BCUT2D eigenvalue weighted by molar-refractivity contribution is -0.120. The van der Waals surface area contributed by atoms with Crippen molar-refractivity contribution in [3.63, 3.8) is 0 Å². The number of nitrogens with one attached hydrogen (secondary N) is 1. The molecule has 1 N–H and O–H groups in total. The van der Waals surface area contributed by atoms with Gasteiger partial charge in [-0.1, -0.05) is 0 Å². The van der Waals surface area contributed by atoms with Crippen molar-refractivity contribution in [2.75, 3.05) is 13.1 Å². The normalized spacial score (nSPS) is 22.2. The highest BCUT2D eigenvalue weighted by atomic mass is 16.2. The first-order valence-corrected chi connectivity index (χ1v) is 8.56. The summed E-state index contributed by atoms with van der Waals surface area (Å²) in [5.74, 6) is 0.204. The zero-order chi connectivity index (χ0) is 17.4. The molecule has 1 spiro atoms. The molecule has 7 nitrogen and oxygen atoms in total. The minimum atomic E-state index is -0.272. The minimum absolute atomic E-state index is 0.00482. The van der Waals surface area contributed by atoms with Crippen molar-refractivity contribution in [3.05, 3.63) is 48.0 Å². The number of piperidine rings is 1. The second kappa shape index (κ2) is 5.98. The average Bonchev–Trinajstić information content (AvgIpc) is 3.19. The molecular weight excluding hydrogens is 318 g/mol. The summed E-state index contributed by atoms with van der Waals surface area (Å²) in [5.41, 5.74) is 1.43. The van der Waals surface area contributed by atoms with Gasteiger partial charge in [-0.15, -0.1) is 0 Å². The third kappa shape index (κ3) is 2.79. The Hall–Kier alpha value is -2.70. The van der Waals surface area contributed by atoms with E-state index in [0.29, 0.717) is 25.1 Å². The van der Waals surface area contributed by atoms with Gasteiger partial charge in [-0.3, -0.25) is 19.3 Å². The molecule has 2 amide bonds. The molecule has 7 heteroatoms. The number of nitrogens with zero attached hydrogens (tertiary/aromatic N) is 4. The van der Waals surface area contributed by atoms with E-state index in [2.05, 4.69) is 15.4 Å². The molecule has 0 aromatic carbocycles. The van der Waals surface area contributed by atoms with Crippen molar-refractivity contribution in [1.82, 2.24) is 25.0 Å². The van der Waals surface area contributed by atoms with Crippen LogP contribution >= 0.6 is 0 Å². The topological polar surface area (TPSA) is 80.1 Å². The van der Waals surface area contributed by atoms with Crippen LogP contribution in [0.3, 0.4) is 0 Å². The van der Waals surface area contributed by atoms with Crippen LogP contribution in [0.25, 0.3) is 0 Å². The van der Waals surface area contributed by atoms with E-state index in [4.69, 9.17) is 0 Å². The van der Waals surface area contributed by atoms with Crippen LogP contribution < -0.4 is 5.32 Å². The van der Waals surface area contributed by atoms with E-state index in [0.717, 1.165) is 18.4 Å². The number of carbonyl (C=O) groups excluding carboxylic acids is 2. The Bertz CT molecular complexity index is 793. The van der Waals surface area contributed by atoms with Gasteiger partial charge in [0.05, 0.1) is 17.3 Å². The number of hydrogen-bond donors (Lipinski definition) is 1. The second-order valence-electron chi connectivity index (χ2n) is 6.94. The van der Waals surface area contributed by atoms with E-state index in [-0.39, 0.29) is 23.3 Å². The van der Waals surface area contributed by atoms with Crippen LogP contribution in [0, 0.1) is 0 Å². The zero-order valence-electron chi connectivity index (χ0n) is 14.2. The van der Waals surface area contributed by atoms with Crippen molar-refractivity contribution >= 4 is 11.8 Å². The Balaban J connectivity index is 1.51. The van der Waals surface area contributed by atoms with Crippen LogP contribution in [-0.2, 0) is 11.8 Å². The fraction of sp³-hybridized carbons (Fsp3) is 0.444. The summed E-state index contributed by atoms with van der Waals surface area (Å²) in [6.45, 7) is 1.26. The Morgan fingerprint density at radius 3 is 2.76 bits per heavy atom. The molecule has 2 saturated heterocycles. The Kier molecular flexibility index (Phi) is 3.78. The number of aryl methyl sites for hydroxylation is 1. The first kappa shape index (κ1) is 15.8. The van der Waals surface area contributed by atoms with Crippen LogP contribution in [-0.4, -0.2) is 50.1 Å². The van der Waals surface area contributed by atoms with Gasteiger partial charge in [0, 0.05) is 51.1 Å². The Labute approximate surface area is 146 Å². The maximum atomic E-state index is 12.6. The average molecular weight is 339 g/mol. The molecule has 0 saturated carbocycles. The lowest BCUT2D eigenvalue weighted by Gasteiger charge is -2.42. The first-order valence-electron chi connectivity index (χ1n) is 8.56. The molecule has 25 heavy (non-hydrogen) atoms. The van der Waals surface area contributed by atoms with E-state index in [1.165, 1.54) is 0 Å². The number of likely N-dealkylation sites (tertiary alicyclic amines) is 1. The molecule has 2 aromatic heterocycles. The summed E-state index contributed by atoms with van der Waals surface area (Å²) in [4.78, 5) is 30.6. The lowest BCUT2D eigenvalue weighted by atomic mass is 9.75. The van der Waals surface area contributed by atoms with Gasteiger partial charge in [0.25, 0.3) is 5.91 Å². The molecule has 2 aromatic rings. The van der Waals surface area contributed by atoms with Crippen molar-refractivity contribution in [1.29, 1.82) is 0 Å². The summed E-state index contributed by atoms with van der Waals surface area (Å²) in [7, 11) is 1.88. The molecule has 0 bridgehead atoms. The molecule has 2 aliphatic heterocycles. The Morgan fingerprint density at radius 1 is 1.32 bits per heavy atom. The highest BCUT2D eigenvalue weighted by Crippen LogP contribution is 2.43. The number of aromatic nitrogens is 3. The zero-order valence-corrected chi connectivity index (χ0v) is 14.2. The van der Waals surface area contributed by atoms with Gasteiger partial charge in [0.15, 0.2) is 0 Å². The Morgan fingerprint density at radius 2 is 2.12 bits per heavy atom. The molecule has 4 rings (SSSR count). The van der Waals surface area contributed by atoms with Gasteiger partial charge in [0.1, 0.15) is 0 Å². The van der Waals surface area contributed by atoms with Crippen molar-refractivity contribution in [2.45, 2.75) is 30.7 Å². The van der Waals surface area contributed by atoms with Crippen molar-refractivity contribution in [2.24, 2.45) is 7.05 Å². The fourth-order valence-electron chi connectivity index (χ4n) is 4.11. The van der Waals surface area contributed by atoms with Gasteiger partial charge in [-0.2, -0.15) is 5.10 Å². The largest absolute Gasteiger partial charge is 0.350 e. The second-order valence-corrected chi connectivity index (χ2v) is 6.94. The van der Waals surface area contributed by atoms with Crippen LogP contribution in [0.15, 0.2) is 36.9 Å². The van der Waals surface area contributed by atoms with E-state index in [1.807, 2.05) is 24.3 Å². The number of amides is 2. The molecular formula is C18H21N5O2. The highest BCUT2D eigenvalue weighted by Gasteiger charge is 2.49. The van der Waals surface area contributed by atoms with Gasteiger partial charge in [-0.05, 0) is 30.5 Å². The summed E-state index contributed by atoms with van der Waals surface area (Å²) in [6.07, 6.45) is 9.09. The van der Waals surface area contributed by atoms with Crippen LogP contribution in [0.4, 0.5) is 0 Å². The molecule has 0 aliphatic carbocycles. The first-order chi connectivity index (χ1) is 12.1. The molecule has 2 aliphatic rings. The van der Waals surface area contributed by atoms with Crippen molar-refractivity contribution < 1.29 is 9.59 Å². The van der Waals surface area contributed by atoms with E-state index >= 15 is 0 Å². The maximum Gasteiger partial charge on any atom is 0.255 e. The van der Waals surface area contributed by atoms with Crippen LogP contribution in [0.5, 0.6) is 0 Å². The van der Waals surface area contributed by atoms with Gasteiger partial charge < -0.3 is 10.2 Å². The van der Waals surface area contributed by atoms with Gasteiger partial charge in [0.2, 0.25) is 5.91 Å². The van der Waals surface area contributed by atoms with Gasteiger partial charge in [-0.25, -0.2) is 0 Å². The van der Waals surface area contributed by atoms with E-state index in [9.17, 15) is 9.59 Å². The fourth-order valence-corrected chi connectivity index (χ4v) is 4.11. The third-order valence-electron chi connectivity index (χ3n) is 5.42. The molecule has 4 heterocycles. The minimum Gasteiger partial charge on any atom is -0.350 e. The number of rotatable bonds is 2. The molecule has 1 unspecified atom stereocenters. The predicted molar refractivity (Wildman–Crippen MR) is 90.8 cm³/mol. The quantitative estimate of drug-likeness (QED) is 0.888. The van der Waals surface area contributed by atoms with E-state index < -0.39 is 0 Å². The SMILES string of the molecule is Cn1cc(C2CC(=O)NC23CCN(C(=O)c2cccnc2)CC3)cn1. The summed E-state index contributed by atoms with van der Waals surface area (Å²) in [5, 5.41) is 7.45. The van der Waals surface area contributed by atoms with E-state index in [1.54, 1.807) is 29.2 Å². The number of hydrogen-bond acceptors (Lipinski definition) is 4. The molecule has 0 radical (unpaired) electrons. The molecule has 130 valence electrons. The van der Waals surface area contributed by atoms with Crippen molar-refractivity contribution in [3.8, 4) is 0 Å². The summed E-state index contributed by atoms with van der Waals surface area (Å²) >= 11 is 0. The summed E-state index contributed by atoms with van der Waals surface area (Å²) in [6, 6.07) is 3.56. The predicted octanol–water partition coefficient (Wildman–Crippen LogP) is 1.09. The van der Waals surface area contributed by atoms with Crippen LogP contribution in [0.1, 0.15) is 41.1 Å². The molecule has 1 atom stereocenters. The number of carbonyl (C=O) groups is 2. The molecule has 2 fully saturated rings. The maximum absolute atomic E-state index is 12.6. The summed E-state index contributed by atoms with van der Waals surface area (Å²) < 4.78 is 1.77. The van der Waals surface area contributed by atoms with Gasteiger partial charge >= 0.3 is 0 Å². The smallest absolute Gasteiger partial charge is 0.255 e. The highest BCUT2D eigenvalue weighted by molar-refractivity contribution is 5.94. The lowest BCUT2D eigenvalue weighted by Crippen LogP contribution is -2.54. The third-order valence-corrected chi connectivity index (χ3v) is 5.42.